The van der Waals surface area contributed by atoms with Crippen LogP contribution in [0.25, 0.3) is 0 Å². The van der Waals surface area contributed by atoms with Crippen molar-refractivity contribution in [1.29, 1.82) is 0 Å². The molecule has 0 spiro atoms. The minimum Gasteiger partial charge on any atom is -0.315 e. The molecule has 7 heteroatoms. The van der Waals surface area contributed by atoms with E-state index in [4.69, 9.17) is 11.6 Å². The number of hydrogen-bond acceptors (Lipinski definition) is 3. The molecule has 1 N–H and O–H groups in total. The van der Waals surface area contributed by atoms with Gasteiger partial charge in [-0.1, -0.05) is 18.2 Å². The number of hydrogen-bond donors (Lipinski definition) is 1. The smallest absolute Gasteiger partial charge is 0.315 e. The first-order valence-electron chi connectivity index (χ1n) is 4.03. The second kappa shape index (κ2) is 4.71. The SMILES string of the molecule is C=CC(=O)Nc1c(Cl)ccc(F)c1[N+](=O)[O-]. The van der Waals surface area contributed by atoms with Crippen LogP contribution in [0.3, 0.4) is 0 Å². The maximum absolute atomic E-state index is 13.2. The first-order chi connectivity index (χ1) is 7.47. The summed E-state index contributed by atoms with van der Waals surface area (Å²) in [5, 5.41) is 12.6. The van der Waals surface area contributed by atoms with Crippen molar-refractivity contribution in [3.63, 3.8) is 0 Å². The summed E-state index contributed by atoms with van der Waals surface area (Å²) in [5.74, 6) is -1.79. The lowest BCUT2D eigenvalue weighted by Gasteiger charge is -2.06. The van der Waals surface area contributed by atoms with E-state index in [1.54, 1.807) is 0 Å². The topological polar surface area (TPSA) is 72.2 Å². The van der Waals surface area contributed by atoms with Crippen molar-refractivity contribution in [2.75, 3.05) is 5.32 Å². The van der Waals surface area contributed by atoms with Crippen LogP contribution in [0.1, 0.15) is 0 Å². The van der Waals surface area contributed by atoms with Crippen molar-refractivity contribution >= 4 is 28.9 Å². The molecule has 0 bridgehead atoms. The van der Waals surface area contributed by atoms with E-state index in [-0.39, 0.29) is 10.7 Å². The Morgan fingerprint density at radius 3 is 2.75 bits per heavy atom. The molecule has 0 aliphatic carbocycles. The van der Waals surface area contributed by atoms with Crippen molar-refractivity contribution < 1.29 is 14.1 Å². The zero-order chi connectivity index (χ0) is 12.3. The van der Waals surface area contributed by atoms with E-state index in [1.165, 1.54) is 0 Å². The number of anilines is 1. The van der Waals surface area contributed by atoms with E-state index in [9.17, 15) is 19.3 Å². The lowest BCUT2D eigenvalue weighted by molar-refractivity contribution is -0.386. The molecule has 0 heterocycles. The number of amides is 1. The van der Waals surface area contributed by atoms with Crippen LogP contribution in [-0.4, -0.2) is 10.8 Å². The predicted octanol–water partition coefficient (Wildman–Crippen LogP) is 2.51. The molecule has 0 saturated heterocycles. The van der Waals surface area contributed by atoms with Gasteiger partial charge in [0.2, 0.25) is 11.7 Å². The summed E-state index contributed by atoms with van der Waals surface area (Å²) < 4.78 is 13.2. The van der Waals surface area contributed by atoms with Crippen LogP contribution in [0.2, 0.25) is 5.02 Å². The highest BCUT2D eigenvalue weighted by Gasteiger charge is 2.23. The second-order valence-corrected chi connectivity index (χ2v) is 3.11. The van der Waals surface area contributed by atoms with Gasteiger partial charge in [-0.25, -0.2) is 0 Å². The van der Waals surface area contributed by atoms with Gasteiger partial charge < -0.3 is 5.32 Å². The Morgan fingerprint density at radius 1 is 1.62 bits per heavy atom. The number of rotatable bonds is 3. The average Bonchev–Trinajstić information content (AvgIpc) is 2.22. The molecule has 0 saturated carbocycles. The maximum Gasteiger partial charge on any atom is 0.329 e. The molecule has 84 valence electrons. The summed E-state index contributed by atoms with van der Waals surface area (Å²) in [6.07, 6.45) is 0.894. The molecule has 0 aliphatic rings. The van der Waals surface area contributed by atoms with E-state index in [0.717, 1.165) is 18.2 Å². The van der Waals surface area contributed by atoms with E-state index in [0.29, 0.717) is 0 Å². The molecule has 0 unspecified atom stereocenters. The lowest BCUT2D eigenvalue weighted by Crippen LogP contribution is -2.10. The number of nitro groups is 1. The second-order valence-electron chi connectivity index (χ2n) is 2.70. The quantitative estimate of drug-likeness (QED) is 0.504. The average molecular weight is 245 g/mol. The number of nitro benzene ring substituents is 1. The summed E-state index contributed by atoms with van der Waals surface area (Å²) in [4.78, 5) is 20.6. The van der Waals surface area contributed by atoms with Crippen LogP contribution < -0.4 is 5.32 Å². The van der Waals surface area contributed by atoms with Crippen molar-refractivity contribution in [2.24, 2.45) is 0 Å². The summed E-state index contributed by atoms with van der Waals surface area (Å²) >= 11 is 5.63. The summed E-state index contributed by atoms with van der Waals surface area (Å²) in [7, 11) is 0. The van der Waals surface area contributed by atoms with Gasteiger partial charge in [-0.05, 0) is 18.2 Å². The minimum absolute atomic E-state index is 0.122. The third-order valence-electron chi connectivity index (χ3n) is 1.69. The summed E-state index contributed by atoms with van der Waals surface area (Å²) in [6, 6.07) is 1.96. The van der Waals surface area contributed by atoms with Crippen molar-refractivity contribution in [3.05, 3.63) is 45.7 Å². The van der Waals surface area contributed by atoms with Crippen LogP contribution in [0, 0.1) is 15.9 Å². The van der Waals surface area contributed by atoms with Gasteiger partial charge in [-0.3, -0.25) is 14.9 Å². The molecule has 1 aromatic rings. The number of nitrogens with one attached hydrogen (secondary N) is 1. The molecule has 0 aliphatic heterocycles. The molecule has 5 nitrogen and oxygen atoms in total. The van der Waals surface area contributed by atoms with Gasteiger partial charge >= 0.3 is 5.69 Å². The Bertz CT molecular complexity index is 476. The van der Waals surface area contributed by atoms with Crippen LogP contribution in [0.15, 0.2) is 24.8 Å². The van der Waals surface area contributed by atoms with Gasteiger partial charge in [-0.2, -0.15) is 4.39 Å². The van der Waals surface area contributed by atoms with Crippen LogP contribution >= 0.6 is 11.6 Å². The summed E-state index contributed by atoms with van der Waals surface area (Å²) in [5.41, 5.74) is -1.25. The predicted molar refractivity (Wildman–Crippen MR) is 56.9 cm³/mol. The molecule has 0 aromatic heterocycles. The number of carbonyl (C=O) groups excluding carboxylic acids is 1. The standard InChI is InChI=1S/C9H6ClFN2O3/c1-2-7(14)12-8-5(10)3-4-6(11)9(8)13(15)16/h2-4H,1H2,(H,12,14). The van der Waals surface area contributed by atoms with Gasteiger partial charge in [0.1, 0.15) is 5.69 Å². The Kier molecular flexibility index (Phi) is 3.57. The molecule has 0 atom stereocenters. The number of halogens is 2. The third kappa shape index (κ3) is 2.34. The molecule has 1 aromatic carbocycles. The Morgan fingerprint density at radius 2 is 2.25 bits per heavy atom. The molecular formula is C9H6ClFN2O3. The van der Waals surface area contributed by atoms with E-state index in [2.05, 4.69) is 11.9 Å². The number of nitrogens with zero attached hydrogens (tertiary/aromatic N) is 1. The largest absolute Gasteiger partial charge is 0.329 e. The van der Waals surface area contributed by atoms with Crippen LogP contribution in [0.4, 0.5) is 15.8 Å². The van der Waals surface area contributed by atoms with Gasteiger partial charge in [0.25, 0.3) is 0 Å². The molecule has 16 heavy (non-hydrogen) atoms. The highest BCUT2D eigenvalue weighted by Crippen LogP contribution is 2.34. The van der Waals surface area contributed by atoms with Crippen LogP contribution in [0.5, 0.6) is 0 Å². The van der Waals surface area contributed by atoms with Crippen molar-refractivity contribution in [1.82, 2.24) is 0 Å². The fourth-order valence-corrected chi connectivity index (χ4v) is 1.21. The fourth-order valence-electron chi connectivity index (χ4n) is 1.01. The normalized spacial score (nSPS) is 9.62. The van der Waals surface area contributed by atoms with Crippen molar-refractivity contribution in [2.45, 2.75) is 0 Å². The van der Waals surface area contributed by atoms with Gasteiger partial charge in [0, 0.05) is 0 Å². The zero-order valence-corrected chi connectivity index (χ0v) is 8.62. The van der Waals surface area contributed by atoms with Crippen LogP contribution in [-0.2, 0) is 4.79 Å². The monoisotopic (exact) mass is 244 g/mol. The Labute approximate surface area is 94.7 Å². The van der Waals surface area contributed by atoms with E-state index >= 15 is 0 Å². The molecule has 1 rings (SSSR count). The molecule has 0 fully saturated rings. The van der Waals surface area contributed by atoms with Gasteiger partial charge in [0.15, 0.2) is 0 Å². The highest BCUT2D eigenvalue weighted by molar-refractivity contribution is 6.34. The van der Waals surface area contributed by atoms with Crippen molar-refractivity contribution in [3.8, 4) is 0 Å². The fraction of sp³-hybridized carbons (Fsp3) is 0. The maximum atomic E-state index is 13.2. The van der Waals surface area contributed by atoms with E-state index < -0.39 is 22.3 Å². The molecule has 0 radical (unpaired) electrons. The zero-order valence-electron chi connectivity index (χ0n) is 7.87. The lowest BCUT2D eigenvalue weighted by atomic mass is 10.2. The number of benzene rings is 1. The molecular weight excluding hydrogens is 239 g/mol. The van der Waals surface area contributed by atoms with Gasteiger partial charge in [0.05, 0.1) is 9.95 Å². The first-order valence-corrected chi connectivity index (χ1v) is 4.41. The summed E-state index contributed by atoms with van der Waals surface area (Å²) in [6.45, 7) is 3.16. The third-order valence-corrected chi connectivity index (χ3v) is 2.01. The van der Waals surface area contributed by atoms with Gasteiger partial charge in [-0.15, -0.1) is 0 Å². The van der Waals surface area contributed by atoms with E-state index in [1.807, 2.05) is 0 Å². The Balaban J connectivity index is 3.34. The molecule has 1 amide bonds. The highest BCUT2D eigenvalue weighted by atomic mass is 35.5. The Hall–Kier alpha value is -1.95. The minimum atomic E-state index is -1.08. The number of carbonyl (C=O) groups is 1. The first kappa shape index (κ1) is 12.1.